The van der Waals surface area contributed by atoms with Crippen molar-refractivity contribution >= 4 is 17.1 Å². The van der Waals surface area contributed by atoms with E-state index in [0.717, 1.165) is 36.1 Å². The second kappa shape index (κ2) is 7.42. The minimum Gasteiger partial charge on any atom is -0.443 e. The lowest BCUT2D eigenvalue weighted by atomic mass is 9.94. The van der Waals surface area contributed by atoms with Gasteiger partial charge < -0.3 is 19.1 Å². The standard InChI is InChI=1S/C24H29N3O5/c1-12-19(13(2)32-26-12)15-10-16(21(28)18-8-9-30-18)20-17(11-15)27(22(25-20)14-6-7-14)23(29)31-24(3,4)5/h10-11,14,18,21,28H,6-9H2,1-5H3. The molecule has 32 heavy (non-hydrogen) atoms. The van der Waals surface area contributed by atoms with Crippen LogP contribution in [-0.2, 0) is 9.47 Å². The first kappa shape index (κ1) is 21.2. The molecule has 0 spiro atoms. The maximum Gasteiger partial charge on any atom is 0.420 e. The number of benzene rings is 1. The molecule has 1 N–H and O–H groups in total. The molecule has 2 unspecified atom stereocenters. The van der Waals surface area contributed by atoms with Gasteiger partial charge in [0.05, 0.1) is 22.8 Å². The van der Waals surface area contributed by atoms with Crippen molar-refractivity contribution in [3.8, 4) is 11.1 Å². The molecular weight excluding hydrogens is 410 g/mol. The molecule has 2 aromatic heterocycles. The van der Waals surface area contributed by atoms with E-state index in [9.17, 15) is 9.90 Å². The molecule has 170 valence electrons. The van der Waals surface area contributed by atoms with Crippen molar-refractivity contribution < 1.29 is 23.9 Å². The third-order valence-electron chi connectivity index (χ3n) is 6.06. The van der Waals surface area contributed by atoms with E-state index in [1.807, 2.05) is 46.8 Å². The number of carbonyl (C=O) groups is 1. The van der Waals surface area contributed by atoms with Crippen LogP contribution in [-0.4, -0.2) is 44.2 Å². The lowest BCUT2D eigenvalue weighted by Gasteiger charge is -2.31. The second-order valence-corrected chi connectivity index (χ2v) is 9.84. The Balaban J connectivity index is 1.76. The number of hydrogen-bond donors (Lipinski definition) is 1. The first-order valence-corrected chi connectivity index (χ1v) is 11.2. The largest absolute Gasteiger partial charge is 0.443 e. The van der Waals surface area contributed by atoms with Crippen molar-refractivity contribution in [1.29, 1.82) is 0 Å². The molecule has 1 aliphatic carbocycles. The molecule has 1 aliphatic heterocycles. The zero-order valence-electron chi connectivity index (χ0n) is 19.1. The van der Waals surface area contributed by atoms with Crippen LogP contribution in [0.5, 0.6) is 0 Å². The number of aryl methyl sites for hydroxylation is 2. The van der Waals surface area contributed by atoms with E-state index in [-0.39, 0.29) is 12.0 Å². The summed E-state index contributed by atoms with van der Waals surface area (Å²) in [4.78, 5) is 18.1. The van der Waals surface area contributed by atoms with Crippen LogP contribution >= 0.6 is 0 Å². The number of imidazole rings is 1. The topological polar surface area (TPSA) is 99.6 Å². The molecule has 2 fully saturated rings. The van der Waals surface area contributed by atoms with Gasteiger partial charge in [-0.2, -0.15) is 0 Å². The Bertz CT molecular complexity index is 1180. The summed E-state index contributed by atoms with van der Waals surface area (Å²) in [5.74, 6) is 1.57. The average Bonchev–Trinajstić information content (AvgIpc) is 3.35. The zero-order chi connectivity index (χ0) is 22.8. The molecule has 0 radical (unpaired) electrons. The van der Waals surface area contributed by atoms with E-state index in [1.54, 1.807) is 4.57 Å². The first-order chi connectivity index (χ1) is 15.1. The smallest absolute Gasteiger partial charge is 0.420 e. The number of aliphatic hydroxyl groups is 1. The van der Waals surface area contributed by atoms with Crippen LogP contribution in [0.25, 0.3) is 22.2 Å². The quantitative estimate of drug-likeness (QED) is 0.624. The average molecular weight is 440 g/mol. The molecule has 2 aliphatic rings. The number of aromatic nitrogens is 3. The fourth-order valence-corrected chi connectivity index (χ4v) is 4.30. The predicted octanol–water partition coefficient (Wildman–Crippen LogP) is 4.79. The normalized spacial score (nSPS) is 19.8. The van der Waals surface area contributed by atoms with E-state index >= 15 is 0 Å². The van der Waals surface area contributed by atoms with Gasteiger partial charge in [0.1, 0.15) is 23.3 Å². The number of hydrogen-bond acceptors (Lipinski definition) is 7. The molecule has 1 saturated heterocycles. The first-order valence-electron chi connectivity index (χ1n) is 11.2. The number of ether oxygens (including phenoxy) is 2. The van der Waals surface area contributed by atoms with Crippen molar-refractivity contribution in [2.24, 2.45) is 0 Å². The van der Waals surface area contributed by atoms with Gasteiger partial charge in [-0.25, -0.2) is 14.3 Å². The highest BCUT2D eigenvalue weighted by atomic mass is 16.6. The summed E-state index contributed by atoms with van der Waals surface area (Å²) in [6, 6.07) is 3.84. The van der Waals surface area contributed by atoms with Crippen LogP contribution in [0.2, 0.25) is 0 Å². The SMILES string of the molecule is Cc1noc(C)c1-c1cc(C(O)C2CCO2)c2nc(C3CC3)n(C(=O)OC(C)(C)C)c2c1. The van der Waals surface area contributed by atoms with E-state index in [2.05, 4.69) is 5.16 Å². The molecule has 3 heterocycles. The number of aliphatic hydroxyl groups excluding tert-OH is 1. The fraction of sp³-hybridized carbons (Fsp3) is 0.542. The Morgan fingerprint density at radius 3 is 2.50 bits per heavy atom. The zero-order valence-corrected chi connectivity index (χ0v) is 19.1. The maximum atomic E-state index is 13.3. The van der Waals surface area contributed by atoms with Gasteiger partial charge in [-0.1, -0.05) is 5.16 Å². The lowest BCUT2D eigenvalue weighted by molar-refractivity contribution is -0.117. The number of carbonyl (C=O) groups excluding carboxylic acids is 1. The number of rotatable bonds is 4. The third-order valence-corrected chi connectivity index (χ3v) is 6.06. The molecule has 1 aromatic carbocycles. The Labute approximate surface area is 186 Å². The highest BCUT2D eigenvalue weighted by molar-refractivity contribution is 5.93. The predicted molar refractivity (Wildman–Crippen MR) is 118 cm³/mol. The lowest BCUT2D eigenvalue weighted by Crippen LogP contribution is -2.33. The molecule has 5 rings (SSSR count). The summed E-state index contributed by atoms with van der Waals surface area (Å²) < 4.78 is 18.3. The van der Waals surface area contributed by atoms with E-state index in [0.29, 0.717) is 34.8 Å². The Morgan fingerprint density at radius 2 is 1.97 bits per heavy atom. The molecule has 8 nitrogen and oxygen atoms in total. The summed E-state index contributed by atoms with van der Waals surface area (Å²) in [6.45, 7) is 9.90. The van der Waals surface area contributed by atoms with Gasteiger partial charge in [0.2, 0.25) is 0 Å². The van der Waals surface area contributed by atoms with Crippen LogP contribution < -0.4 is 0 Å². The van der Waals surface area contributed by atoms with Crippen molar-refractivity contribution in [3.63, 3.8) is 0 Å². The fourth-order valence-electron chi connectivity index (χ4n) is 4.30. The summed E-state index contributed by atoms with van der Waals surface area (Å²) in [6.07, 6.45) is 1.15. The van der Waals surface area contributed by atoms with Crippen LogP contribution in [0, 0.1) is 13.8 Å². The van der Waals surface area contributed by atoms with E-state index in [1.165, 1.54) is 0 Å². The molecule has 3 aromatic rings. The van der Waals surface area contributed by atoms with E-state index in [4.69, 9.17) is 19.0 Å². The van der Waals surface area contributed by atoms with Crippen molar-refractivity contribution in [3.05, 3.63) is 35.0 Å². The van der Waals surface area contributed by atoms with Crippen molar-refractivity contribution in [1.82, 2.24) is 14.7 Å². The highest BCUT2D eigenvalue weighted by Crippen LogP contribution is 2.43. The van der Waals surface area contributed by atoms with Gasteiger partial charge in [-0.05, 0) is 71.6 Å². The minimum absolute atomic E-state index is 0.211. The van der Waals surface area contributed by atoms with Gasteiger partial charge >= 0.3 is 6.09 Å². The van der Waals surface area contributed by atoms with Crippen molar-refractivity contribution in [2.45, 2.75) is 77.6 Å². The summed E-state index contributed by atoms with van der Waals surface area (Å²) in [7, 11) is 0. The second-order valence-electron chi connectivity index (χ2n) is 9.84. The summed E-state index contributed by atoms with van der Waals surface area (Å²) >= 11 is 0. The monoisotopic (exact) mass is 439 g/mol. The molecule has 1 saturated carbocycles. The summed E-state index contributed by atoms with van der Waals surface area (Å²) in [5, 5.41) is 15.2. The van der Waals surface area contributed by atoms with Gasteiger partial charge in [0.15, 0.2) is 0 Å². The van der Waals surface area contributed by atoms with Gasteiger partial charge in [0, 0.05) is 23.7 Å². The minimum atomic E-state index is -0.847. The molecule has 2 atom stereocenters. The van der Waals surface area contributed by atoms with Crippen LogP contribution in [0.4, 0.5) is 4.79 Å². The Hall–Kier alpha value is -2.71. The van der Waals surface area contributed by atoms with Gasteiger partial charge in [-0.15, -0.1) is 0 Å². The Kier molecular flexibility index (Phi) is 4.90. The van der Waals surface area contributed by atoms with Gasteiger partial charge in [0.25, 0.3) is 0 Å². The van der Waals surface area contributed by atoms with E-state index < -0.39 is 17.8 Å². The van der Waals surface area contributed by atoms with Crippen LogP contribution in [0.15, 0.2) is 16.7 Å². The Morgan fingerprint density at radius 1 is 1.25 bits per heavy atom. The number of fused-ring (bicyclic) bond motifs is 1. The molecule has 0 amide bonds. The molecular formula is C24H29N3O5. The van der Waals surface area contributed by atoms with Crippen LogP contribution in [0.1, 0.15) is 74.9 Å². The third kappa shape index (κ3) is 3.61. The van der Waals surface area contributed by atoms with Gasteiger partial charge in [-0.3, -0.25) is 0 Å². The molecule has 8 heteroatoms. The van der Waals surface area contributed by atoms with Crippen LogP contribution in [0.3, 0.4) is 0 Å². The summed E-state index contributed by atoms with van der Waals surface area (Å²) in [5.41, 5.74) is 3.63. The molecule has 0 bridgehead atoms. The maximum absolute atomic E-state index is 13.3. The van der Waals surface area contributed by atoms with Crippen molar-refractivity contribution in [2.75, 3.05) is 6.61 Å². The number of nitrogens with zero attached hydrogens (tertiary/aromatic N) is 3. The highest BCUT2D eigenvalue weighted by Gasteiger charge is 2.36.